The van der Waals surface area contributed by atoms with Crippen molar-refractivity contribution in [1.29, 1.82) is 0 Å². The molecule has 0 atom stereocenters. The lowest BCUT2D eigenvalue weighted by Crippen LogP contribution is -2.05. The van der Waals surface area contributed by atoms with Gasteiger partial charge in [-0.15, -0.1) is 24.8 Å². The van der Waals surface area contributed by atoms with Crippen LogP contribution in [0.1, 0.15) is 29.9 Å². The lowest BCUT2D eigenvalue weighted by Gasteiger charge is -2.12. The lowest BCUT2D eigenvalue weighted by molar-refractivity contribution is 0.154. The number of aromatic nitrogens is 2. The number of halogens is 2. The van der Waals surface area contributed by atoms with Crippen LogP contribution in [0.15, 0.2) is 66.1 Å². The van der Waals surface area contributed by atoms with Gasteiger partial charge in [0.2, 0.25) is 0 Å². The molecule has 1 fully saturated rings. The summed E-state index contributed by atoms with van der Waals surface area (Å²) < 4.78 is 2.13. The van der Waals surface area contributed by atoms with Crippen LogP contribution in [0.5, 0.6) is 0 Å². The summed E-state index contributed by atoms with van der Waals surface area (Å²) in [5.74, 6) is 1.55. The van der Waals surface area contributed by atoms with Gasteiger partial charge in [-0.25, -0.2) is 4.98 Å². The topological polar surface area (TPSA) is 65.4 Å². The molecule has 5 nitrogen and oxygen atoms in total. The fourth-order valence-corrected chi connectivity index (χ4v) is 3.09. The quantitative estimate of drug-likeness (QED) is 0.347. The van der Waals surface area contributed by atoms with Gasteiger partial charge < -0.3 is 10.6 Å². The minimum atomic E-state index is 0. The number of hydrogen-bond donors (Lipinski definition) is 1. The second-order valence-corrected chi connectivity index (χ2v) is 6.43. The Morgan fingerprint density at radius 1 is 1.14 bits per heavy atom. The molecule has 1 saturated carbocycles. The van der Waals surface area contributed by atoms with Crippen LogP contribution in [0.2, 0.25) is 0 Å². The van der Waals surface area contributed by atoms with Gasteiger partial charge in [0, 0.05) is 30.2 Å². The van der Waals surface area contributed by atoms with Gasteiger partial charge in [0.1, 0.15) is 12.4 Å². The van der Waals surface area contributed by atoms with Crippen molar-refractivity contribution in [2.24, 2.45) is 10.9 Å². The number of nitrogens with two attached hydrogens (primary N) is 1. The molecule has 0 saturated heterocycles. The maximum absolute atomic E-state index is 5.42. The average Bonchev–Trinajstić information content (AvgIpc) is 3.42. The normalized spacial score (nSPS) is 13.0. The molecule has 1 aromatic heterocycles. The predicted molar refractivity (Wildman–Crippen MR) is 118 cm³/mol. The molecule has 0 spiro atoms. The molecule has 4 rings (SSSR count). The minimum absolute atomic E-state index is 0. The molecule has 0 amide bonds. The second-order valence-electron chi connectivity index (χ2n) is 6.43. The van der Waals surface area contributed by atoms with Crippen LogP contribution < -0.4 is 5.73 Å². The second kappa shape index (κ2) is 10.3. The molecule has 148 valence electrons. The molecule has 1 aliphatic carbocycles. The number of rotatable bonds is 7. The van der Waals surface area contributed by atoms with Crippen LogP contribution in [0.25, 0.3) is 17.1 Å². The molecule has 1 heterocycles. The highest BCUT2D eigenvalue weighted by Crippen LogP contribution is 2.42. The van der Waals surface area contributed by atoms with E-state index in [1.165, 1.54) is 18.4 Å². The number of nitrogens with zero attached hydrogens (tertiary/aromatic N) is 3. The maximum atomic E-state index is 5.42. The summed E-state index contributed by atoms with van der Waals surface area (Å²) in [5.41, 5.74) is 10.1. The first-order valence-corrected chi connectivity index (χ1v) is 8.95. The Labute approximate surface area is 177 Å². The van der Waals surface area contributed by atoms with E-state index in [1.807, 2.05) is 30.6 Å². The largest absolute Gasteiger partial charge is 0.394 e. The molecule has 0 unspecified atom stereocenters. The molecule has 1 aliphatic rings. The van der Waals surface area contributed by atoms with E-state index >= 15 is 0 Å². The van der Waals surface area contributed by atoms with E-state index in [0.29, 0.717) is 19.1 Å². The van der Waals surface area contributed by atoms with E-state index in [4.69, 9.17) is 10.6 Å². The van der Waals surface area contributed by atoms with Gasteiger partial charge in [-0.1, -0.05) is 41.6 Å². The third-order valence-electron chi connectivity index (χ3n) is 4.51. The fourth-order valence-electron chi connectivity index (χ4n) is 3.09. The van der Waals surface area contributed by atoms with Gasteiger partial charge in [0.25, 0.3) is 0 Å². The summed E-state index contributed by atoms with van der Waals surface area (Å²) in [6, 6.07) is 16.7. The number of benzene rings is 2. The Hall–Kier alpha value is -2.34. The van der Waals surface area contributed by atoms with Crippen molar-refractivity contribution in [2.75, 3.05) is 13.2 Å². The summed E-state index contributed by atoms with van der Waals surface area (Å²) in [6.07, 6.45) is 8.09. The van der Waals surface area contributed by atoms with E-state index in [2.05, 4.69) is 45.0 Å². The molecule has 2 aromatic carbocycles. The van der Waals surface area contributed by atoms with Crippen molar-refractivity contribution >= 4 is 31.0 Å². The van der Waals surface area contributed by atoms with Crippen LogP contribution in [-0.2, 0) is 4.84 Å². The third-order valence-corrected chi connectivity index (χ3v) is 4.51. The van der Waals surface area contributed by atoms with Crippen molar-refractivity contribution in [1.82, 2.24) is 9.55 Å². The Bertz CT molecular complexity index is 908. The molecule has 2 N–H and O–H groups in total. The minimum Gasteiger partial charge on any atom is -0.394 e. The molecule has 0 aliphatic heterocycles. The molecule has 28 heavy (non-hydrogen) atoms. The molecule has 3 aromatic rings. The van der Waals surface area contributed by atoms with Gasteiger partial charge in [-0.2, -0.15) is 0 Å². The van der Waals surface area contributed by atoms with Crippen LogP contribution in [0.3, 0.4) is 0 Å². The van der Waals surface area contributed by atoms with Crippen LogP contribution in [0, 0.1) is 0 Å². The van der Waals surface area contributed by atoms with E-state index in [-0.39, 0.29) is 24.8 Å². The Morgan fingerprint density at radius 2 is 1.93 bits per heavy atom. The van der Waals surface area contributed by atoms with Crippen LogP contribution in [0.4, 0.5) is 0 Å². The zero-order valence-electron chi connectivity index (χ0n) is 15.4. The molecular weight excluding hydrogens is 395 g/mol. The van der Waals surface area contributed by atoms with Gasteiger partial charge in [-0.05, 0) is 42.0 Å². The molecule has 0 bridgehead atoms. The summed E-state index contributed by atoms with van der Waals surface area (Å²) in [5, 5.41) is 4.04. The summed E-state index contributed by atoms with van der Waals surface area (Å²) >= 11 is 0. The van der Waals surface area contributed by atoms with Crippen LogP contribution in [-0.4, -0.2) is 28.9 Å². The molecular formula is C21H24Cl2N4O. The number of imidazole rings is 1. The van der Waals surface area contributed by atoms with Crippen LogP contribution >= 0.6 is 24.8 Å². The first-order chi connectivity index (χ1) is 12.9. The van der Waals surface area contributed by atoms with Gasteiger partial charge in [-0.3, -0.25) is 4.57 Å². The lowest BCUT2D eigenvalue weighted by atomic mass is 10.0. The van der Waals surface area contributed by atoms with Crippen molar-refractivity contribution in [3.63, 3.8) is 0 Å². The van der Waals surface area contributed by atoms with E-state index in [9.17, 15) is 0 Å². The van der Waals surface area contributed by atoms with Crippen molar-refractivity contribution in [2.45, 2.75) is 18.8 Å². The zero-order valence-corrected chi connectivity index (χ0v) is 17.0. The zero-order chi connectivity index (χ0) is 17.8. The maximum Gasteiger partial charge on any atom is 0.144 e. The average molecular weight is 419 g/mol. The van der Waals surface area contributed by atoms with Crippen molar-refractivity contribution in [3.05, 3.63) is 72.1 Å². The first-order valence-electron chi connectivity index (χ1n) is 8.95. The van der Waals surface area contributed by atoms with Crippen molar-refractivity contribution in [3.8, 4) is 17.1 Å². The highest BCUT2D eigenvalue weighted by Gasteiger charge is 2.26. The van der Waals surface area contributed by atoms with E-state index in [0.717, 1.165) is 22.6 Å². The van der Waals surface area contributed by atoms with Gasteiger partial charge in [0.15, 0.2) is 0 Å². The van der Waals surface area contributed by atoms with Gasteiger partial charge >= 0.3 is 0 Å². The SMILES string of the molecule is Cl.Cl.NCCON=Cc1ccc(-n2ccnc2-c2ccccc2)cc1C1CC1. The molecule has 7 heteroatoms. The highest BCUT2D eigenvalue weighted by molar-refractivity contribution is 5.85. The Morgan fingerprint density at radius 3 is 2.64 bits per heavy atom. The highest BCUT2D eigenvalue weighted by atomic mass is 35.5. The molecule has 0 radical (unpaired) electrons. The first kappa shape index (κ1) is 22.0. The monoisotopic (exact) mass is 418 g/mol. The summed E-state index contributed by atoms with van der Waals surface area (Å²) in [6.45, 7) is 0.900. The number of oxime groups is 1. The standard InChI is InChI=1S/C21H22N4O.2ClH/c22-10-13-26-24-15-18-8-9-19(14-20(18)16-6-7-16)25-12-11-23-21(25)17-4-2-1-3-5-17;;/h1-5,8-9,11-12,14-16H,6-7,10,13,22H2;2*1H. The third kappa shape index (κ3) is 4.93. The van der Waals surface area contributed by atoms with E-state index in [1.54, 1.807) is 6.21 Å². The predicted octanol–water partition coefficient (Wildman–Crippen LogP) is 4.57. The fraction of sp³-hybridized carbons (Fsp3) is 0.238. The smallest absolute Gasteiger partial charge is 0.144 e. The van der Waals surface area contributed by atoms with Gasteiger partial charge in [0.05, 0.1) is 6.21 Å². The Balaban J connectivity index is 0.00000140. The Kier molecular flexibility index (Phi) is 8.05. The number of hydrogen-bond acceptors (Lipinski definition) is 4. The van der Waals surface area contributed by atoms with E-state index < -0.39 is 0 Å². The summed E-state index contributed by atoms with van der Waals surface area (Å²) in [7, 11) is 0. The van der Waals surface area contributed by atoms with Crippen molar-refractivity contribution < 1.29 is 4.84 Å². The summed E-state index contributed by atoms with van der Waals surface area (Å²) in [4.78, 5) is 9.70.